The van der Waals surface area contributed by atoms with Crippen LogP contribution in [-0.4, -0.2) is 35.0 Å². The summed E-state index contributed by atoms with van der Waals surface area (Å²) in [6, 6.07) is 11.9. The first-order chi connectivity index (χ1) is 9.76. The molecule has 20 heavy (non-hydrogen) atoms. The number of aromatic nitrogens is 1. The molecule has 1 aliphatic heterocycles. The Morgan fingerprint density at radius 3 is 2.90 bits per heavy atom. The summed E-state index contributed by atoms with van der Waals surface area (Å²) in [5.74, 6) is 0.857. The molecule has 0 radical (unpaired) electrons. The summed E-state index contributed by atoms with van der Waals surface area (Å²) in [5.41, 5.74) is 0.934. The van der Waals surface area contributed by atoms with Crippen molar-refractivity contribution < 1.29 is 9.53 Å². The topological polar surface area (TPSA) is 42.4 Å². The Balaban J connectivity index is 1.60. The van der Waals surface area contributed by atoms with Gasteiger partial charge < -0.3 is 9.64 Å². The molecule has 0 saturated carbocycles. The number of nitrogens with zero attached hydrogens (tertiary/aromatic N) is 2. The van der Waals surface area contributed by atoms with E-state index in [4.69, 9.17) is 4.74 Å². The number of benzene rings is 1. The van der Waals surface area contributed by atoms with Crippen molar-refractivity contribution in [2.45, 2.75) is 25.9 Å². The van der Waals surface area contributed by atoms with Gasteiger partial charge in [0.25, 0.3) is 0 Å². The van der Waals surface area contributed by atoms with Crippen molar-refractivity contribution in [2.24, 2.45) is 0 Å². The number of hydrogen-bond acceptors (Lipinski definition) is 3. The van der Waals surface area contributed by atoms with E-state index in [0.717, 1.165) is 17.3 Å². The lowest BCUT2D eigenvalue weighted by atomic mass is 10.1. The van der Waals surface area contributed by atoms with E-state index in [0.29, 0.717) is 25.4 Å². The molecule has 2 heterocycles. The van der Waals surface area contributed by atoms with Crippen LogP contribution in [0.15, 0.2) is 36.4 Å². The van der Waals surface area contributed by atoms with Gasteiger partial charge in [0.2, 0.25) is 11.8 Å². The van der Waals surface area contributed by atoms with Crippen molar-refractivity contribution >= 4 is 16.8 Å². The Bertz CT molecular complexity index is 621. The summed E-state index contributed by atoms with van der Waals surface area (Å²) in [6.07, 6.45) is 1.60. The third kappa shape index (κ3) is 2.59. The first kappa shape index (κ1) is 12.9. The van der Waals surface area contributed by atoms with Crippen LogP contribution in [0.2, 0.25) is 0 Å². The largest absolute Gasteiger partial charge is 0.471 e. The SMILES string of the molecule is CCCC(=O)N1CC(Oc2ccc3ccccc3n2)C1. The van der Waals surface area contributed by atoms with Gasteiger partial charge in [-0.25, -0.2) is 4.98 Å². The molecule has 0 atom stereocenters. The molecular weight excluding hydrogens is 252 g/mol. The molecule has 1 saturated heterocycles. The van der Waals surface area contributed by atoms with Gasteiger partial charge in [0.05, 0.1) is 18.6 Å². The van der Waals surface area contributed by atoms with Gasteiger partial charge in [0.1, 0.15) is 6.10 Å². The number of likely N-dealkylation sites (tertiary alicyclic amines) is 1. The van der Waals surface area contributed by atoms with Crippen molar-refractivity contribution in [2.75, 3.05) is 13.1 Å². The van der Waals surface area contributed by atoms with E-state index >= 15 is 0 Å². The monoisotopic (exact) mass is 270 g/mol. The molecule has 0 unspecified atom stereocenters. The molecule has 1 aliphatic rings. The van der Waals surface area contributed by atoms with Crippen LogP contribution >= 0.6 is 0 Å². The Hall–Kier alpha value is -2.10. The van der Waals surface area contributed by atoms with Crippen LogP contribution in [0.25, 0.3) is 10.9 Å². The number of fused-ring (bicyclic) bond motifs is 1. The molecular formula is C16H18N2O2. The van der Waals surface area contributed by atoms with Crippen LogP contribution < -0.4 is 4.74 Å². The Morgan fingerprint density at radius 1 is 1.30 bits per heavy atom. The average Bonchev–Trinajstić information content (AvgIpc) is 2.42. The highest BCUT2D eigenvalue weighted by Crippen LogP contribution is 2.20. The standard InChI is InChI=1S/C16H18N2O2/c1-2-5-16(19)18-10-13(11-18)20-15-9-8-12-6-3-4-7-14(12)17-15/h3-4,6-9,13H,2,5,10-11H2,1H3. The van der Waals surface area contributed by atoms with E-state index in [1.54, 1.807) is 0 Å². The zero-order valence-electron chi connectivity index (χ0n) is 11.6. The number of rotatable bonds is 4. The van der Waals surface area contributed by atoms with Crippen molar-refractivity contribution in [1.29, 1.82) is 0 Å². The van der Waals surface area contributed by atoms with Crippen molar-refractivity contribution in [3.05, 3.63) is 36.4 Å². The molecule has 1 fully saturated rings. The normalized spacial score (nSPS) is 15.2. The van der Waals surface area contributed by atoms with E-state index < -0.39 is 0 Å². The van der Waals surface area contributed by atoms with Crippen molar-refractivity contribution in [3.63, 3.8) is 0 Å². The lowest BCUT2D eigenvalue weighted by Gasteiger charge is -2.38. The molecule has 0 N–H and O–H groups in total. The maximum atomic E-state index is 11.7. The molecule has 1 aromatic heterocycles. The fourth-order valence-electron chi connectivity index (χ4n) is 2.37. The third-order valence-electron chi connectivity index (χ3n) is 3.52. The lowest BCUT2D eigenvalue weighted by Crippen LogP contribution is -2.56. The second kappa shape index (κ2) is 5.49. The summed E-state index contributed by atoms with van der Waals surface area (Å²) in [4.78, 5) is 18.0. The van der Waals surface area contributed by atoms with E-state index in [1.165, 1.54) is 0 Å². The molecule has 0 bridgehead atoms. The fourth-order valence-corrected chi connectivity index (χ4v) is 2.37. The zero-order chi connectivity index (χ0) is 13.9. The van der Waals surface area contributed by atoms with E-state index in [9.17, 15) is 4.79 Å². The average molecular weight is 270 g/mol. The number of carbonyl (C=O) groups excluding carboxylic acids is 1. The smallest absolute Gasteiger partial charge is 0.222 e. The second-order valence-electron chi connectivity index (χ2n) is 5.13. The third-order valence-corrected chi connectivity index (χ3v) is 3.52. The van der Waals surface area contributed by atoms with Gasteiger partial charge in [0, 0.05) is 17.9 Å². The van der Waals surface area contributed by atoms with Gasteiger partial charge in [-0.3, -0.25) is 4.79 Å². The molecule has 3 rings (SSSR count). The quantitative estimate of drug-likeness (QED) is 0.857. The van der Waals surface area contributed by atoms with Crippen LogP contribution in [0.3, 0.4) is 0 Å². The molecule has 4 nitrogen and oxygen atoms in total. The number of ether oxygens (including phenoxy) is 1. The van der Waals surface area contributed by atoms with Crippen LogP contribution in [0.1, 0.15) is 19.8 Å². The van der Waals surface area contributed by atoms with Crippen LogP contribution in [0, 0.1) is 0 Å². The summed E-state index contributed by atoms with van der Waals surface area (Å²) in [5, 5.41) is 1.10. The summed E-state index contributed by atoms with van der Waals surface area (Å²) < 4.78 is 5.81. The minimum absolute atomic E-state index is 0.0736. The van der Waals surface area contributed by atoms with Crippen LogP contribution in [0.4, 0.5) is 0 Å². The Morgan fingerprint density at radius 2 is 2.10 bits per heavy atom. The maximum absolute atomic E-state index is 11.7. The maximum Gasteiger partial charge on any atom is 0.222 e. The zero-order valence-corrected chi connectivity index (χ0v) is 11.6. The highest BCUT2D eigenvalue weighted by atomic mass is 16.5. The minimum atomic E-state index is 0.0736. The Labute approximate surface area is 118 Å². The molecule has 0 aliphatic carbocycles. The van der Waals surface area contributed by atoms with Gasteiger partial charge in [-0.2, -0.15) is 0 Å². The molecule has 1 aromatic carbocycles. The summed E-state index contributed by atoms with van der Waals surface area (Å²) in [6.45, 7) is 3.37. The van der Waals surface area contributed by atoms with Crippen molar-refractivity contribution in [1.82, 2.24) is 9.88 Å². The van der Waals surface area contributed by atoms with E-state index in [2.05, 4.69) is 4.98 Å². The first-order valence-electron chi connectivity index (χ1n) is 7.06. The molecule has 4 heteroatoms. The Kier molecular flexibility index (Phi) is 3.54. The minimum Gasteiger partial charge on any atom is -0.471 e. The molecule has 0 spiro atoms. The van der Waals surface area contributed by atoms with Gasteiger partial charge in [-0.15, -0.1) is 0 Å². The highest BCUT2D eigenvalue weighted by Gasteiger charge is 2.31. The predicted molar refractivity (Wildman–Crippen MR) is 77.6 cm³/mol. The number of amides is 1. The second-order valence-corrected chi connectivity index (χ2v) is 5.13. The van der Waals surface area contributed by atoms with Gasteiger partial charge in [-0.05, 0) is 18.6 Å². The highest BCUT2D eigenvalue weighted by molar-refractivity contribution is 5.79. The number of pyridine rings is 1. The number of carbonyl (C=O) groups is 1. The molecule has 2 aromatic rings. The summed E-state index contributed by atoms with van der Waals surface area (Å²) >= 11 is 0. The predicted octanol–water partition coefficient (Wildman–Crippen LogP) is 2.62. The van der Waals surface area contributed by atoms with Gasteiger partial charge >= 0.3 is 0 Å². The molecule has 1 amide bonds. The number of hydrogen-bond donors (Lipinski definition) is 0. The van der Waals surface area contributed by atoms with Crippen LogP contribution in [0.5, 0.6) is 5.88 Å². The molecule has 104 valence electrons. The van der Waals surface area contributed by atoms with E-state index in [1.807, 2.05) is 48.2 Å². The fraction of sp³-hybridized carbons (Fsp3) is 0.375. The van der Waals surface area contributed by atoms with Gasteiger partial charge in [0.15, 0.2) is 0 Å². The van der Waals surface area contributed by atoms with E-state index in [-0.39, 0.29) is 12.0 Å². The summed E-state index contributed by atoms with van der Waals surface area (Å²) in [7, 11) is 0. The number of para-hydroxylation sites is 1. The first-order valence-corrected chi connectivity index (χ1v) is 7.06. The van der Waals surface area contributed by atoms with Gasteiger partial charge in [-0.1, -0.05) is 25.1 Å². The van der Waals surface area contributed by atoms with Crippen LogP contribution in [-0.2, 0) is 4.79 Å². The lowest BCUT2D eigenvalue weighted by molar-refractivity contribution is -0.140. The van der Waals surface area contributed by atoms with Crippen molar-refractivity contribution in [3.8, 4) is 5.88 Å².